The Balaban J connectivity index is 1.48. The van der Waals surface area contributed by atoms with Crippen LogP contribution in [0.15, 0.2) is 53.5 Å². The largest absolute Gasteiger partial charge is 0.358 e. The van der Waals surface area contributed by atoms with Gasteiger partial charge in [-0.3, -0.25) is 9.59 Å². The molecule has 3 aromatic rings. The molecule has 1 amide bonds. The molecule has 0 saturated carbocycles. The molecule has 1 aliphatic heterocycles. The van der Waals surface area contributed by atoms with Crippen molar-refractivity contribution in [3.63, 3.8) is 0 Å². The number of aryl methyl sites for hydroxylation is 1. The van der Waals surface area contributed by atoms with E-state index in [0.29, 0.717) is 35.9 Å². The Morgan fingerprint density at radius 2 is 1.89 bits per heavy atom. The van der Waals surface area contributed by atoms with Crippen LogP contribution < -0.4 is 15.8 Å². The maximum Gasteiger partial charge on any atom is 0.254 e. The van der Waals surface area contributed by atoms with E-state index >= 15 is 0 Å². The summed E-state index contributed by atoms with van der Waals surface area (Å²) >= 11 is 0. The van der Waals surface area contributed by atoms with Crippen molar-refractivity contribution in [1.82, 2.24) is 15.0 Å². The van der Waals surface area contributed by atoms with E-state index in [9.17, 15) is 9.59 Å². The molecule has 1 saturated heterocycles. The number of amides is 1. The predicted molar refractivity (Wildman–Crippen MR) is 108 cm³/mol. The van der Waals surface area contributed by atoms with E-state index in [-0.39, 0.29) is 17.5 Å². The summed E-state index contributed by atoms with van der Waals surface area (Å²) in [6.07, 6.45) is 2.35. The van der Waals surface area contributed by atoms with E-state index in [1.165, 1.54) is 0 Å². The summed E-state index contributed by atoms with van der Waals surface area (Å²) in [5, 5.41) is 3.21. The van der Waals surface area contributed by atoms with Crippen LogP contribution in [0, 0.1) is 13.8 Å². The number of aromatic nitrogens is 3. The zero-order valence-electron chi connectivity index (χ0n) is 15.8. The van der Waals surface area contributed by atoms with E-state index in [4.69, 9.17) is 0 Å². The van der Waals surface area contributed by atoms with Crippen molar-refractivity contribution in [2.24, 2.45) is 0 Å². The lowest BCUT2D eigenvalue weighted by Gasteiger charge is -2.17. The Kier molecular flexibility index (Phi) is 4.65. The molecule has 0 spiro atoms. The van der Waals surface area contributed by atoms with Gasteiger partial charge in [-0.05, 0) is 44.5 Å². The van der Waals surface area contributed by atoms with Gasteiger partial charge in [-0.2, -0.15) is 0 Å². The fourth-order valence-electron chi connectivity index (χ4n) is 3.26. The van der Waals surface area contributed by atoms with Crippen molar-refractivity contribution >= 4 is 17.4 Å². The van der Waals surface area contributed by atoms with Gasteiger partial charge in [0, 0.05) is 35.2 Å². The molecular formula is C21H21N5O2. The van der Waals surface area contributed by atoms with Gasteiger partial charge in [-0.1, -0.05) is 18.2 Å². The number of aromatic amines is 1. The molecule has 1 fully saturated rings. The minimum atomic E-state index is -0.307. The van der Waals surface area contributed by atoms with Gasteiger partial charge in [-0.15, -0.1) is 0 Å². The van der Waals surface area contributed by atoms with E-state index in [1.807, 2.05) is 43.3 Å². The first-order valence-electron chi connectivity index (χ1n) is 9.20. The second-order valence-corrected chi connectivity index (χ2v) is 6.87. The van der Waals surface area contributed by atoms with Crippen molar-refractivity contribution < 1.29 is 4.79 Å². The number of nitrogens with one attached hydrogen (secondary N) is 2. The summed E-state index contributed by atoms with van der Waals surface area (Å²) < 4.78 is 0. The molecule has 4 rings (SSSR count). The Hall–Kier alpha value is -3.48. The summed E-state index contributed by atoms with van der Waals surface area (Å²) in [6.45, 7) is 4.22. The van der Waals surface area contributed by atoms with Crippen LogP contribution in [0.3, 0.4) is 0 Å². The number of H-pyrrole nitrogens is 1. The number of benzene rings is 1. The van der Waals surface area contributed by atoms with Crippen molar-refractivity contribution in [3.8, 4) is 11.4 Å². The highest BCUT2D eigenvalue weighted by molar-refractivity contribution is 6.00. The van der Waals surface area contributed by atoms with E-state index < -0.39 is 0 Å². The molecule has 1 aliphatic rings. The highest BCUT2D eigenvalue weighted by Gasteiger charge is 2.32. The Morgan fingerprint density at radius 1 is 1.11 bits per heavy atom. The van der Waals surface area contributed by atoms with Crippen LogP contribution >= 0.6 is 0 Å². The molecule has 1 atom stereocenters. The third kappa shape index (κ3) is 3.38. The fraction of sp³-hybridized carbons (Fsp3) is 0.238. The lowest BCUT2D eigenvalue weighted by atomic mass is 10.2. The quantitative estimate of drug-likeness (QED) is 0.732. The fourth-order valence-corrected chi connectivity index (χ4v) is 3.26. The molecule has 7 heteroatoms. The zero-order chi connectivity index (χ0) is 19.7. The third-order valence-electron chi connectivity index (χ3n) is 5.03. The lowest BCUT2D eigenvalue weighted by Crippen LogP contribution is -2.33. The molecule has 3 heterocycles. The number of para-hydroxylation sites is 1. The van der Waals surface area contributed by atoms with Crippen LogP contribution in [0.1, 0.15) is 17.7 Å². The zero-order valence-corrected chi connectivity index (χ0v) is 15.8. The maximum absolute atomic E-state index is 12.7. The molecule has 142 valence electrons. The topological polar surface area (TPSA) is 91.0 Å². The monoisotopic (exact) mass is 375 g/mol. The van der Waals surface area contributed by atoms with Gasteiger partial charge in [0.25, 0.3) is 5.56 Å². The average Bonchev–Trinajstić information content (AvgIpc) is 3.07. The van der Waals surface area contributed by atoms with E-state index in [0.717, 1.165) is 11.3 Å². The average molecular weight is 375 g/mol. The molecule has 2 N–H and O–H groups in total. The van der Waals surface area contributed by atoms with Gasteiger partial charge >= 0.3 is 0 Å². The van der Waals surface area contributed by atoms with Gasteiger partial charge in [0.05, 0.1) is 0 Å². The number of anilines is 2. The normalized spacial score (nSPS) is 16.4. The Labute approximate surface area is 162 Å². The highest BCUT2D eigenvalue weighted by Crippen LogP contribution is 2.23. The SMILES string of the molecule is Cc1nc(-c2ccc(NC3CCN(c4ccccc4)C3=O)nc2)[nH]c(=O)c1C. The summed E-state index contributed by atoms with van der Waals surface area (Å²) in [5.41, 5.74) is 2.78. The van der Waals surface area contributed by atoms with Gasteiger partial charge in [-0.25, -0.2) is 9.97 Å². The minimum Gasteiger partial charge on any atom is -0.358 e. The molecule has 7 nitrogen and oxygen atoms in total. The number of nitrogens with zero attached hydrogens (tertiary/aromatic N) is 3. The van der Waals surface area contributed by atoms with Crippen molar-refractivity contribution in [2.45, 2.75) is 26.3 Å². The molecule has 0 bridgehead atoms. The third-order valence-corrected chi connectivity index (χ3v) is 5.03. The maximum atomic E-state index is 12.7. The first-order chi connectivity index (χ1) is 13.5. The number of pyridine rings is 1. The number of hydrogen-bond acceptors (Lipinski definition) is 5. The predicted octanol–water partition coefficient (Wildman–Crippen LogP) is 2.67. The standard InChI is InChI=1S/C21H21N5O2/c1-13-14(2)23-19(25-20(13)27)15-8-9-18(22-12-15)24-17-10-11-26(21(17)28)16-6-4-3-5-7-16/h3-9,12,17H,10-11H2,1-2H3,(H,22,24)(H,23,25,27). The number of hydrogen-bond donors (Lipinski definition) is 2. The Morgan fingerprint density at radius 3 is 2.57 bits per heavy atom. The first-order valence-corrected chi connectivity index (χ1v) is 9.20. The smallest absolute Gasteiger partial charge is 0.254 e. The van der Waals surface area contributed by atoms with Crippen molar-refractivity contribution in [1.29, 1.82) is 0 Å². The Bertz CT molecular complexity index is 1060. The first kappa shape index (κ1) is 17.9. The molecule has 28 heavy (non-hydrogen) atoms. The van der Waals surface area contributed by atoms with Crippen LogP contribution in [0.4, 0.5) is 11.5 Å². The molecule has 1 unspecified atom stereocenters. The van der Waals surface area contributed by atoms with Gasteiger partial charge < -0.3 is 15.2 Å². The van der Waals surface area contributed by atoms with Crippen LogP contribution in [0.2, 0.25) is 0 Å². The van der Waals surface area contributed by atoms with Gasteiger partial charge in [0.2, 0.25) is 5.91 Å². The van der Waals surface area contributed by atoms with Crippen LogP contribution in [-0.4, -0.2) is 33.4 Å². The van der Waals surface area contributed by atoms with Crippen molar-refractivity contribution in [2.75, 3.05) is 16.8 Å². The summed E-state index contributed by atoms with van der Waals surface area (Å²) in [6, 6.07) is 13.0. The summed E-state index contributed by atoms with van der Waals surface area (Å²) in [4.78, 5) is 38.0. The second-order valence-electron chi connectivity index (χ2n) is 6.87. The highest BCUT2D eigenvalue weighted by atomic mass is 16.2. The number of carbonyl (C=O) groups is 1. The minimum absolute atomic E-state index is 0.0391. The summed E-state index contributed by atoms with van der Waals surface area (Å²) in [5.74, 6) is 1.14. The number of carbonyl (C=O) groups excluding carboxylic acids is 1. The molecule has 0 radical (unpaired) electrons. The van der Waals surface area contributed by atoms with Gasteiger partial charge in [0.15, 0.2) is 0 Å². The van der Waals surface area contributed by atoms with Crippen LogP contribution in [-0.2, 0) is 4.79 Å². The van der Waals surface area contributed by atoms with Crippen LogP contribution in [0.5, 0.6) is 0 Å². The second kappa shape index (κ2) is 7.26. The molecule has 1 aromatic carbocycles. The van der Waals surface area contributed by atoms with Gasteiger partial charge in [0.1, 0.15) is 17.7 Å². The molecule has 0 aliphatic carbocycles. The van der Waals surface area contributed by atoms with Crippen LogP contribution in [0.25, 0.3) is 11.4 Å². The summed E-state index contributed by atoms with van der Waals surface area (Å²) in [7, 11) is 0. The lowest BCUT2D eigenvalue weighted by molar-refractivity contribution is -0.117. The van der Waals surface area contributed by atoms with E-state index in [2.05, 4.69) is 20.3 Å². The molecule has 2 aromatic heterocycles. The van der Waals surface area contributed by atoms with Crippen molar-refractivity contribution in [3.05, 3.63) is 70.3 Å². The molecular weight excluding hydrogens is 354 g/mol. The van der Waals surface area contributed by atoms with E-state index in [1.54, 1.807) is 24.1 Å². The number of rotatable bonds is 4.